The van der Waals surface area contributed by atoms with Gasteiger partial charge in [-0.3, -0.25) is 9.78 Å². The summed E-state index contributed by atoms with van der Waals surface area (Å²) in [5, 5.41) is 11.8. The SMILES string of the molecule is CC(=O)Nc1cn2cc(-c3cncc(NS(C)(O)CO)c3)ccc2n1. The zero-order valence-corrected chi connectivity index (χ0v) is 14.6. The van der Waals surface area contributed by atoms with Gasteiger partial charge in [-0.15, -0.1) is 0 Å². The lowest BCUT2D eigenvalue weighted by molar-refractivity contribution is -0.114. The number of carbonyl (C=O) groups is 1. The van der Waals surface area contributed by atoms with E-state index >= 15 is 0 Å². The lowest BCUT2D eigenvalue weighted by Gasteiger charge is -2.28. The van der Waals surface area contributed by atoms with Gasteiger partial charge in [-0.05, 0) is 28.7 Å². The molecule has 1 amide bonds. The smallest absolute Gasteiger partial charge is 0.222 e. The van der Waals surface area contributed by atoms with Crippen LogP contribution < -0.4 is 10.0 Å². The molecular formula is C16H19N5O3S. The molecule has 8 nitrogen and oxygen atoms in total. The minimum atomic E-state index is -2.30. The standard InChI is InChI=1S/C16H19N5O3S/c1-11(23)18-15-9-21-8-12(3-4-16(21)19-15)13-5-14(7-17-6-13)20-25(2,24)10-22/h3-9,20,22,24H,10H2,1-2H3,(H,18,23). The van der Waals surface area contributed by atoms with Gasteiger partial charge in [0.1, 0.15) is 11.6 Å². The van der Waals surface area contributed by atoms with E-state index in [0.29, 0.717) is 17.2 Å². The fourth-order valence-electron chi connectivity index (χ4n) is 2.34. The molecule has 1 unspecified atom stereocenters. The van der Waals surface area contributed by atoms with Crippen LogP contribution in [0, 0.1) is 0 Å². The highest BCUT2D eigenvalue weighted by atomic mass is 32.3. The number of aromatic nitrogens is 3. The molecule has 25 heavy (non-hydrogen) atoms. The van der Waals surface area contributed by atoms with Crippen LogP contribution in [0.1, 0.15) is 6.92 Å². The molecule has 0 aliphatic rings. The summed E-state index contributed by atoms with van der Waals surface area (Å²) in [4.78, 5) is 19.6. The highest BCUT2D eigenvalue weighted by molar-refractivity contribution is 8.29. The Morgan fingerprint density at radius 3 is 2.80 bits per heavy atom. The lowest BCUT2D eigenvalue weighted by Crippen LogP contribution is -2.11. The fourth-order valence-corrected chi connectivity index (χ4v) is 3.03. The number of nitrogens with one attached hydrogen (secondary N) is 2. The second kappa shape index (κ2) is 6.71. The number of pyridine rings is 2. The van der Waals surface area contributed by atoms with Crippen molar-refractivity contribution in [2.45, 2.75) is 6.92 Å². The molecule has 0 saturated carbocycles. The Kier molecular flexibility index (Phi) is 4.62. The summed E-state index contributed by atoms with van der Waals surface area (Å²) in [6.07, 6.45) is 8.47. The van der Waals surface area contributed by atoms with Crippen molar-refractivity contribution in [1.29, 1.82) is 0 Å². The maximum Gasteiger partial charge on any atom is 0.222 e. The molecule has 0 aliphatic carbocycles. The fraction of sp³-hybridized carbons (Fsp3) is 0.188. The van der Waals surface area contributed by atoms with Crippen LogP contribution in [0.15, 0.2) is 43.0 Å². The van der Waals surface area contributed by atoms with Crippen LogP contribution in [-0.4, -0.2) is 42.1 Å². The average Bonchev–Trinajstić information content (AvgIpc) is 2.95. The Hall–Kier alpha value is -2.62. The van der Waals surface area contributed by atoms with E-state index in [1.165, 1.54) is 6.92 Å². The summed E-state index contributed by atoms with van der Waals surface area (Å²) in [6, 6.07) is 5.59. The first kappa shape index (κ1) is 17.2. The number of hydrogen-bond donors (Lipinski definition) is 4. The highest BCUT2D eigenvalue weighted by Crippen LogP contribution is 2.38. The topological polar surface area (TPSA) is 112 Å². The van der Waals surface area contributed by atoms with Crippen LogP contribution in [0.4, 0.5) is 11.5 Å². The maximum atomic E-state index is 11.1. The van der Waals surface area contributed by atoms with Gasteiger partial charge in [0.2, 0.25) is 5.91 Å². The normalized spacial score (nSPS) is 14.7. The van der Waals surface area contributed by atoms with Crippen molar-refractivity contribution in [2.75, 3.05) is 22.2 Å². The van der Waals surface area contributed by atoms with Crippen molar-refractivity contribution in [3.8, 4) is 11.1 Å². The van der Waals surface area contributed by atoms with Crippen LogP contribution in [0.25, 0.3) is 16.8 Å². The number of imidazole rings is 1. The summed E-state index contributed by atoms with van der Waals surface area (Å²) in [7, 11) is -2.30. The largest absolute Gasteiger partial charge is 0.383 e. The number of aliphatic hydroxyl groups excluding tert-OH is 1. The highest BCUT2D eigenvalue weighted by Gasteiger charge is 2.12. The first-order chi connectivity index (χ1) is 11.9. The molecule has 132 valence electrons. The molecule has 0 fully saturated rings. The van der Waals surface area contributed by atoms with E-state index < -0.39 is 10.5 Å². The molecule has 4 N–H and O–H groups in total. The van der Waals surface area contributed by atoms with Crippen molar-refractivity contribution in [3.05, 3.63) is 43.0 Å². The number of anilines is 2. The van der Waals surface area contributed by atoms with Gasteiger partial charge in [0.15, 0.2) is 5.82 Å². The summed E-state index contributed by atoms with van der Waals surface area (Å²) in [5.74, 6) is -0.0322. The third-order valence-electron chi connectivity index (χ3n) is 3.42. The molecule has 0 spiro atoms. The Morgan fingerprint density at radius 1 is 1.28 bits per heavy atom. The quantitative estimate of drug-likeness (QED) is 0.556. The Morgan fingerprint density at radius 2 is 2.08 bits per heavy atom. The number of hydrogen-bond acceptors (Lipinski definition) is 6. The molecule has 0 aliphatic heterocycles. The van der Waals surface area contributed by atoms with E-state index in [1.807, 2.05) is 28.8 Å². The van der Waals surface area contributed by atoms with E-state index in [-0.39, 0.29) is 11.8 Å². The molecule has 9 heteroatoms. The zero-order valence-electron chi connectivity index (χ0n) is 13.8. The number of rotatable bonds is 5. The third-order valence-corrected chi connectivity index (χ3v) is 4.59. The number of fused-ring (bicyclic) bond motifs is 1. The first-order valence-electron chi connectivity index (χ1n) is 7.45. The van der Waals surface area contributed by atoms with Crippen molar-refractivity contribution >= 4 is 33.6 Å². The minimum absolute atomic E-state index is 0.176. The summed E-state index contributed by atoms with van der Waals surface area (Å²) in [6.45, 7) is 1.43. The van der Waals surface area contributed by atoms with E-state index in [0.717, 1.165) is 11.1 Å². The van der Waals surface area contributed by atoms with E-state index in [1.54, 1.807) is 24.8 Å². The predicted molar refractivity (Wildman–Crippen MR) is 99.6 cm³/mol. The Bertz CT molecular complexity index is 925. The molecule has 3 rings (SSSR count). The van der Waals surface area contributed by atoms with Crippen LogP contribution in [-0.2, 0) is 4.79 Å². The first-order valence-corrected chi connectivity index (χ1v) is 9.62. The number of amides is 1. The van der Waals surface area contributed by atoms with Crippen molar-refractivity contribution in [1.82, 2.24) is 14.4 Å². The van der Waals surface area contributed by atoms with Crippen LogP contribution in [0.2, 0.25) is 0 Å². The summed E-state index contributed by atoms with van der Waals surface area (Å²) in [5.41, 5.74) is 3.07. The van der Waals surface area contributed by atoms with E-state index in [9.17, 15) is 14.5 Å². The van der Waals surface area contributed by atoms with Gasteiger partial charge in [0, 0.05) is 36.7 Å². The van der Waals surface area contributed by atoms with Crippen LogP contribution in [0.5, 0.6) is 0 Å². The molecule has 3 aromatic heterocycles. The molecule has 0 radical (unpaired) electrons. The van der Waals surface area contributed by atoms with Gasteiger partial charge < -0.3 is 24.1 Å². The predicted octanol–water partition coefficient (Wildman–Crippen LogP) is 2.54. The molecule has 0 aromatic carbocycles. The van der Waals surface area contributed by atoms with Gasteiger partial charge in [-0.2, -0.15) is 0 Å². The van der Waals surface area contributed by atoms with Crippen molar-refractivity contribution < 1.29 is 14.5 Å². The summed E-state index contributed by atoms with van der Waals surface area (Å²) >= 11 is 0. The van der Waals surface area contributed by atoms with Gasteiger partial charge in [-0.1, -0.05) is 0 Å². The third kappa shape index (κ3) is 4.08. The Balaban J connectivity index is 1.92. The van der Waals surface area contributed by atoms with Gasteiger partial charge in [0.05, 0.1) is 18.1 Å². The van der Waals surface area contributed by atoms with E-state index in [4.69, 9.17) is 0 Å². The second-order valence-electron chi connectivity index (χ2n) is 5.72. The number of aliphatic hydroxyl groups is 1. The maximum absolute atomic E-state index is 11.1. The van der Waals surface area contributed by atoms with Crippen molar-refractivity contribution in [2.24, 2.45) is 0 Å². The average molecular weight is 361 g/mol. The van der Waals surface area contributed by atoms with Crippen LogP contribution in [0.3, 0.4) is 0 Å². The second-order valence-corrected chi connectivity index (χ2v) is 8.27. The number of carbonyl (C=O) groups excluding carboxylic acids is 1. The molecule has 3 heterocycles. The molecule has 0 bridgehead atoms. The molecule has 0 saturated heterocycles. The molecule has 3 aromatic rings. The van der Waals surface area contributed by atoms with E-state index in [2.05, 4.69) is 20.0 Å². The van der Waals surface area contributed by atoms with Gasteiger partial charge >= 0.3 is 0 Å². The van der Waals surface area contributed by atoms with Gasteiger partial charge in [-0.25, -0.2) is 4.98 Å². The summed E-state index contributed by atoms with van der Waals surface area (Å²) < 4.78 is 14.7. The van der Waals surface area contributed by atoms with Crippen molar-refractivity contribution in [3.63, 3.8) is 0 Å². The Labute approximate surface area is 146 Å². The zero-order chi connectivity index (χ0) is 18.0. The number of nitrogens with zero attached hydrogens (tertiary/aromatic N) is 3. The minimum Gasteiger partial charge on any atom is -0.383 e. The molecular weight excluding hydrogens is 342 g/mol. The molecule has 1 atom stereocenters. The van der Waals surface area contributed by atoms with Gasteiger partial charge in [0.25, 0.3) is 0 Å². The monoisotopic (exact) mass is 361 g/mol. The lowest BCUT2D eigenvalue weighted by atomic mass is 10.1. The van der Waals surface area contributed by atoms with Crippen LogP contribution >= 0.6 is 10.5 Å².